The van der Waals surface area contributed by atoms with Crippen LogP contribution < -0.4 is 15.5 Å². The highest BCUT2D eigenvalue weighted by Crippen LogP contribution is 2.25. The second kappa shape index (κ2) is 10.6. The maximum absolute atomic E-state index is 13.5. The number of carbonyl (C=O) groups excluding carboxylic acids is 2. The van der Waals surface area contributed by atoms with E-state index in [1.807, 2.05) is 0 Å². The molecule has 0 aliphatic carbocycles. The van der Waals surface area contributed by atoms with Crippen molar-refractivity contribution in [1.29, 1.82) is 0 Å². The fraction of sp³-hybridized carbons (Fsp3) is 0.0455. The van der Waals surface area contributed by atoms with Gasteiger partial charge >= 0.3 is 11.8 Å². The molecule has 0 unspecified atom stereocenters. The van der Waals surface area contributed by atoms with Gasteiger partial charge in [-0.3, -0.25) is 9.59 Å². The number of carbonyl (C=O) groups is 2. The number of hydrazone groups is 1. The van der Waals surface area contributed by atoms with Crippen LogP contribution >= 0.6 is 23.2 Å². The lowest BCUT2D eigenvalue weighted by molar-refractivity contribution is -0.136. The molecule has 0 aliphatic rings. The highest BCUT2D eigenvalue weighted by molar-refractivity contribution is 6.39. The van der Waals surface area contributed by atoms with Gasteiger partial charge in [0, 0.05) is 15.6 Å². The molecule has 0 radical (unpaired) electrons. The summed E-state index contributed by atoms with van der Waals surface area (Å²) in [6.07, 6.45) is 1.35. The minimum absolute atomic E-state index is 0.0969. The normalized spacial score (nSPS) is 10.7. The van der Waals surface area contributed by atoms with Crippen LogP contribution in [0.2, 0.25) is 10.0 Å². The predicted octanol–water partition coefficient (Wildman–Crippen LogP) is 4.80. The molecule has 158 valence electrons. The summed E-state index contributed by atoms with van der Waals surface area (Å²) in [7, 11) is 0. The Morgan fingerprint density at radius 3 is 2.29 bits per heavy atom. The van der Waals surface area contributed by atoms with E-state index in [2.05, 4.69) is 15.8 Å². The smallest absolute Gasteiger partial charge is 0.329 e. The molecule has 2 N–H and O–H groups in total. The average molecular weight is 460 g/mol. The summed E-state index contributed by atoms with van der Waals surface area (Å²) in [6.45, 7) is 0.207. The summed E-state index contributed by atoms with van der Waals surface area (Å²) in [5.41, 5.74) is 3.32. The third kappa shape index (κ3) is 6.28. The number of hydrogen-bond acceptors (Lipinski definition) is 4. The van der Waals surface area contributed by atoms with Gasteiger partial charge in [0.1, 0.15) is 18.2 Å². The van der Waals surface area contributed by atoms with Gasteiger partial charge in [-0.1, -0.05) is 41.4 Å². The number of halogens is 3. The Balaban J connectivity index is 1.50. The van der Waals surface area contributed by atoms with Crippen molar-refractivity contribution in [2.75, 3.05) is 5.32 Å². The maximum Gasteiger partial charge on any atom is 0.329 e. The van der Waals surface area contributed by atoms with Crippen molar-refractivity contribution in [2.45, 2.75) is 6.61 Å². The Morgan fingerprint density at radius 1 is 0.935 bits per heavy atom. The molecule has 0 aromatic heterocycles. The van der Waals surface area contributed by atoms with Crippen LogP contribution in [-0.4, -0.2) is 18.0 Å². The van der Waals surface area contributed by atoms with Crippen LogP contribution in [0.15, 0.2) is 71.8 Å². The molecule has 6 nitrogen and oxygen atoms in total. The topological polar surface area (TPSA) is 79.8 Å². The molecule has 0 heterocycles. The number of ether oxygens (including phenoxy) is 1. The molecular formula is C22H16Cl2FN3O3. The highest BCUT2D eigenvalue weighted by atomic mass is 35.5. The second-order valence-electron chi connectivity index (χ2n) is 6.19. The Kier molecular flexibility index (Phi) is 7.59. The summed E-state index contributed by atoms with van der Waals surface area (Å²) in [6, 6.07) is 17.6. The summed E-state index contributed by atoms with van der Waals surface area (Å²) >= 11 is 12.2. The zero-order valence-electron chi connectivity index (χ0n) is 15.9. The van der Waals surface area contributed by atoms with Gasteiger partial charge in [-0.2, -0.15) is 5.10 Å². The largest absolute Gasteiger partial charge is 0.489 e. The lowest BCUT2D eigenvalue weighted by Gasteiger charge is -2.09. The van der Waals surface area contributed by atoms with E-state index in [1.54, 1.807) is 42.5 Å². The van der Waals surface area contributed by atoms with Crippen molar-refractivity contribution in [1.82, 2.24) is 5.43 Å². The molecule has 0 bridgehead atoms. The molecule has 0 atom stereocenters. The van der Waals surface area contributed by atoms with Crippen molar-refractivity contribution in [2.24, 2.45) is 5.10 Å². The minimum Gasteiger partial charge on any atom is -0.489 e. The van der Waals surface area contributed by atoms with E-state index in [0.717, 1.165) is 0 Å². The van der Waals surface area contributed by atoms with Crippen molar-refractivity contribution < 1.29 is 18.7 Å². The van der Waals surface area contributed by atoms with Crippen LogP contribution in [0.3, 0.4) is 0 Å². The number of rotatable bonds is 6. The van der Waals surface area contributed by atoms with E-state index in [0.29, 0.717) is 26.9 Å². The molecule has 3 aromatic carbocycles. The van der Waals surface area contributed by atoms with Gasteiger partial charge in [0.05, 0.1) is 11.9 Å². The SMILES string of the molecule is O=C(N/N=C\c1ccc(OCc2c(Cl)cccc2Cl)cc1)C(=O)Nc1ccccc1F. The first-order chi connectivity index (χ1) is 14.9. The standard InChI is InChI=1S/C22H16Cl2FN3O3/c23-17-4-3-5-18(24)16(17)13-31-15-10-8-14(9-11-15)12-26-28-22(30)21(29)27-20-7-2-1-6-19(20)25/h1-12H,13H2,(H,27,29)(H,28,30)/b26-12-. The van der Waals surface area contributed by atoms with Crippen molar-refractivity contribution in [3.63, 3.8) is 0 Å². The van der Waals surface area contributed by atoms with E-state index in [9.17, 15) is 14.0 Å². The third-order valence-electron chi connectivity index (χ3n) is 4.03. The fourth-order valence-corrected chi connectivity index (χ4v) is 2.94. The monoisotopic (exact) mass is 459 g/mol. The van der Waals surface area contributed by atoms with Gasteiger partial charge in [0.25, 0.3) is 0 Å². The Morgan fingerprint density at radius 2 is 1.61 bits per heavy atom. The molecule has 2 amide bonds. The van der Waals surface area contributed by atoms with Crippen molar-refractivity contribution in [3.05, 3.63) is 93.7 Å². The number of hydrogen-bond donors (Lipinski definition) is 2. The summed E-state index contributed by atoms with van der Waals surface area (Å²) in [4.78, 5) is 23.6. The first kappa shape index (κ1) is 22.3. The number of benzene rings is 3. The van der Waals surface area contributed by atoms with Gasteiger partial charge in [-0.15, -0.1) is 0 Å². The van der Waals surface area contributed by atoms with E-state index < -0.39 is 17.6 Å². The van der Waals surface area contributed by atoms with Gasteiger partial charge in [-0.05, 0) is 54.1 Å². The molecule has 0 spiro atoms. The number of nitrogens with one attached hydrogen (secondary N) is 2. The highest BCUT2D eigenvalue weighted by Gasteiger charge is 2.14. The number of amides is 2. The first-order valence-corrected chi connectivity index (χ1v) is 9.74. The summed E-state index contributed by atoms with van der Waals surface area (Å²) < 4.78 is 19.2. The fourth-order valence-electron chi connectivity index (χ4n) is 2.43. The van der Waals surface area contributed by atoms with Crippen molar-refractivity contribution >= 4 is 46.9 Å². The maximum atomic E-state index is 13.5. The van der Waals surface area contributed by atoms with Gasteiger partial charge in [0.15, 0.2) is 0 Å². The molecule has 0 saturated carbocycles. The quantitative estimate of drug-likeness (QED) is 0.315. The van der Waals surface area contributed by atoms with Crippen LogP contribution in [0.5, 0.6) is 5.75 Å². The van der Waals surface area contributed by atoms with Crippen LogP contribution in [-0.2, 0) is 16.2 Å². The number of nitrogens with zero attached hydrogens (tertiary/aromatic N) is 1. The van der Waals surface area contributed by atoms with Crippen LogP contribution in [0, 0.1) is 5.82 Å². The van der Waals surface area contributed by atoms with E-state index in [1.165, 1.54) is 30.5 Å². The Hall–Kier alpha value is -3.42. The molecular weight excluding hydrogens is 444 g/mol. The average Bonchev–Trinajstić information content (AvgIpc) is 2.76. The van der Waals surface area contributed by atoms with Crippen molar-refractivity contribution in [3.8, 4) is 5.75 Å². The first-order valence-electron chi connectivity index (χ1n) is 8.98. The molecule has 31 heavy (non-hydrogen) atoms. The molecule has 3 aromatic rings. The van der Waals surface area contributed by atoms with Crippen LogP contribution in [0.4, 0.5) is 10.1 Å². The predicted molar refractivity (Wildman–Crippen MR) is 118 cm³/mol. The Bertz CT molecular complexity index is 1100. The number of anilines is 1. The van der Waals surface area contributed by atoms with Crippen LogP contribution in [0.25, 0.3) is 0 Å². The third-order valence-corrected chi connectivity index (χ3v) is 4.74. The summed E-state index contributed by atoms with van der Waals surface area (Å²) in [5.74, 6) is -2.13. The Labute approximate surface area is 187 Å². The molecule has 0 fully saturated rings. The minimum atomic E-state index is -1.04. The number of para-hydroxylation sites is 1. The zero-order valence-corrected chi connectivity index (χ0v) is 17.5. The van der Waals surface area contributed by atoms with Crippen LogP contribution in [0.1, 0.15) is 11.1 Å². The molecule has 0 saturated heterocycles. The van der Waals surface area contributed by atoms with E-state index >= 15 is 0 Å². The zero-order chi connectivity index (χ0) is 22.2. The van der Waals surface area contributed by atoms with E-state index in [-0.39, 0.29) is 12.3 Å². The molecule has 0 aliphatic heterocycles. The van der Waals surface area contributed by atoms with Gasteiger partial charge in [0.2, 0.25) is 0 Å². The summed E-state index contributed by atoms with van der Waals surface area (Å²) in [5, 5.41) is 6.92. The lowest BCUT2D eigenvalue weighted by Crippen LogP contribution is -2.32. The second-order valence-corrected chi connectivity index (χ2v) is 7.01. The van der Waals surface area contributed by atoms with E-state index in [4.69, 9.17) is 27.9 Å². The molecule has 3 rings (SSSR count). The van der Waals surface area contributed by atoms with Gasteiger partial charge < -0.3 is 10.1 Å². The van der Waals surface area contributed by atoms with Gasteiger partial charge in [-0.25, -0.2) is 9.82 Å². The lowest BCUT2D eigenvalue weighted by atomic mass is 10.2. The molecule has 9 heteroatoms.